The number of nitrogens with one attached hydrogen (secondary N) is 1. The largest absolute Gasteiger partial charge is 0.497 e. The Morgan fingerprint density at radius 1 is 1.40 bits per heavy atom. The summed E-state index contributed by atoms with van der Waals surface area (Å²) in [5, 5.41) is 0. The first kappa shape index (κ1) is 13.1. The molecule has 1 aromatic carbocycles. The molecule has 0 saturated carbocycles. The summed E-state index contributed by atoms with van der Waals surface area (Å²) in [7, 11) is 1.66. The van der Waals surface area contributed by atoms with Gasteiger partial charge in [0, 0.05) is 18.6 Å². The lowest BCUT2D eigenvalue weighted by molar-refractivity contribution is 0.177. The van der Waals surface area contributed by atoms with Gasteiger partial charge in [-0.3, -0.25) is 0 Å². The molecule has 2 heterocycles. The van der Waals surface area contributed by atoms with Gasteiger partial charge in [-0.2, -0.15) is 0 Å². The molecule has 0 amide bonds. The van der Waals surface area contributed by atoms with Gasteiger partial charge in [0.05, 0.1) is 25.6 Å². The molecule has 2 aromatic rings. The number of imidazole rings is 1. The quantitative estimate of drug-likeness (QED) is 0.890. The maximum absolute atomic E-state index is 6.28. The van der Waals surface area contributed by atoms with E-state index < -0.39 is 0 Å². The fourth-order valence-electron chi connectivity index (χ4n) is 2.47. The lowest BCUT2D eigenvalue weighted by Crippen LogP contribution is -2.42. The van der Waals surface area contributed by atoms with Crippen molar-refractivity contribution in [2.45, 2.75) is 18.4 Å². The average Bonchev–Trinajstić information content (AvgIpc) is 3.09. The van der Waals surface area contributed by atoms with Crippen molar-refractivity contribution in [3.8, 4) is 17.0 Å². The summed E-state index contributed by atoms with van der Waals surface area (Å²) in [6.07, 6.45) is 3.44. The highest BCUT2D eigenvalue weighted by Crippen LogP contribution is 2.23. The normalized spacial score (nSPS) is 22.1. The monoisotopic (exact) mass is 273 g/mol. The Morgan fingerprint density at radius 3 is 2.85 bits per heavy atom. The molecule has 1 aromatic heterocycles. The summed E-state index contributed by atoms with van der Waals surface area (Å²) in [5.41, 5.74) is 8.07. The zero-order chi connectivity index (χ0) is 14.0. The number of hydrogen-bond donors (Lipinski definition) is 2. The third kappa shape index (κ3) is 2.69. The summed E-state index contributed by atoms with van der Waals surface area (Å²) >= 11 is 0. The van der Waals surface area contributed by atoms with Crippen molar-refractivity contribution < 1.29 is 9.47 Å². The van der Waals surface area contributed by atoms with Crippen LogP contribution in [0.1, 0.15) is 12.2 Å². The Hall–Kier alpha value is -1.85. The summed E-state index contributed by atoms with van der Waals surface area (Å²) < 4.78 is 10.5. The number of H-pyrrole nitrogens is 1. The summed E-state index contributed by atoms with van der Waals surface area (Å²) in [6, 6.07) is 7.89. The number of methoxy groups -OCH3 is 1. The molecular weight excluding hydrogens is 254 g/mol. The molecule has 1 aliphatic heterocycles. The molecule has 1 saturated heterocycles. The van der Waals surface area contributed by atoms with Crippen molar-refractivity contribution in [2.75, 3.05) is 20.3 Å². The summed E-state index contributed by atoms with van der Waals surface area (Å²) in [5.74, 6) is 1.75. The van der Waals surface area contributed by atoms with Crippen molar-refractivity contribution >= 4 is 0 Å². The van der Waals surface area contributed by atoms with E-state index in [0.717, 1.165) is 35.9 Å². The van der Waals surface area contributed by atoms with Crippen LogP contribution in [0, 0.1) is 0 Å². The van der Waals surface area contributed by atoms with Crippen molar-refractivity contribution in [3.63, 3.8) is 0 Å². The number of aromatic amines is 1. The van der Waals surface area contributed by atoms with Gasteiger partial charge in [0.25, 0.3) is 0 Å². The highest BCUT2D eigenvalue weighted by molar-refractivity contribution is 5.59. The van der Waals surface area contributed by atoms with Gasteiger partial charge in [-0.05, 0) is 36.2 Å². The van der Waals surface area contributed by atoms with Gasteiger partial charge in [-0.25, -0.2) is 4.98 Å². The van der Waals surface area contributed by atoms with Crippen LogP contribution in [0.5, 0.6) is 5.75 Å². The second-order valence-electron chi connectivity index (χ2n) is 5.31. The minimum absolute atomic E-state index is 0.283. The number of nitrogens with zero attached hydrogens (tertiary/aromatic N) is 1. The van der Waals surface area contributed by atoms with E-state index in [0.29, 0.717) is 13.0 Å². The molecule has 1 unspecified atom stereocenters. The standard InChI is InChI=1S/C15H19N3O2/c1-19-12-4-2-11(3-5-12)13-9-17-14(18-13)8-15(16)6-7-20-10-15/h2-5,9H,6-8,10,16H2,1H3,(H,17,18). The van der Waals surface area contributed by atoms with Crippen LogP contribution in [0.25, 0.3) is 11.3 Å². The Bertz CT molecular complexity index is 571. The van der Waals surface area contributed by atoms with Gasteiger partial charge in [-0.15, -0.1) is 0 Å². The fourth-order valence-corrected chi connectivity index (χ4v) is 2.47. The molecule has 1 fully saturated rings. The highest BCUT2D eigenvalue weighted by atomic mass is 16.5. The number of ether oxygens (including phenoxy) is 2. The summed E-state index contributed by atoms with van der Waals surface area (Å²) in [4.78, 5) is 7.75. The average molecular weight is 273 g/mol. The molecule has 5 heteroatoms. The maximum atomic E-state index is 6.28. The molecule has 0 aliphatic carbocycles. The predicted octanol–water partition coefficient (Wildman–Crippen LogP) is 1.75. The van der Waals surface area contributed by atoms with E-state index in [4.69, 9.17) is 15.2 Å². The first-order valence-electron chi connectivity index (χ1n) is 6.73. The van der Waals surface area contributed by atoms with Gasteiger partial charge in [-0.1, -0.05) is 0 Å². The van der Waals surface area contributed by atoms with Gasteiger partial charge in [0.2, 0.25) is 0 Å². The van der Waals surface area contributed by atoms with E-state index in [1.54, 1.807) is 7.11 Å². The van der Waals surface area contributed by atoms with Crippen molar-refractivity contribution in [2.24, 2.45) is 5.73 Å². The van der Waals surface area contributed by atoms with Crippen molar-refractivity contribution in [1.82, 2.24) is 9.97 Å². The van der Waals surface area contributed by atoms with Crippen molar-refractivity contribution in [1.29, 1.82) is 0 Å². The zero-order valence-electron chi connectivity index (χ0n) is 11.6. The summed E-state index contributed by atoms with van der Waals surface area (Å²) in [6.45, 7) is 1.34. The van der Waals surface area contributed by atoms with Crippen molar-refractivity contribution in [3.05, 3.63) is 36.3 Å². The lowest BCUT2D eigenvalue weighted by Gasteiger charge is -2.19. The minimum atomic E-state index is -0.283. The van der Waals surface area contributed by atoms with E-state index >= 15 is 0 Å². The molecule has 1 atom stereocenters. The van der Waals surface area contributed by atoms with E-state index in [1.165, 1.54) is 0 Å². The van der Waals surface area contributed by atoms with E-state index in [9.17, 15) is 0 Å². The van der Waals surface area contributed by atoms with Crippen LogP contribution in [0.4, 0.5) is 0 Å². The van der Waals surface area contributed by atoms with Gasteiger partial charge >= 0.3 is 0 Å². The van der Waals surface area contributed by atoms with Crippen LogP contribution in [0.15, 0.2) is 30.5 Å². The van der Waals surface area contributed by atoms with Crippen LogP contribution in [0.3, 0.4) is 0 Å². The number of nitrogens with two attached hydrogens (primary N) is 1. The van der Waals surface area contributed by atoms with Crippen LogP contribution in [-0.4, -0.2) is 35.8 Å². The second-order valence-corrected chi connectivity index (χ2v) is 5.31. The van der Waals surface area contributed by atoms with Crippen LogP contribution < -0.4 is 10.5 Å². The van der Waals surface area contributed by atoms with Crippen LogP contribution >= 0.6 is 0 Å². The maximum Gasteiger partial charge on any atom is 0.118 e. The number of aromatic nitrogens is 2. The molecule has 1 aliphatic rings. The first-order chi connectivity index (χ1) is 9.68. The lowest BCUT2D eigenvalue weighted by atomic mass is 9.96. The van der Waals surface area contributed by atoms with Gasteiger partial charge in [0.1, 0.15) is 11.6 Å². The van der Waals surface area contributed by atoms with Gasteiger partial charge in [0.15, 0.2) is 0 Å². The number of benzene rings is 1. The third-order valence-corrected chi connectivity index (χ3v) is 3.68. The SMILES string of the molecule is COc1ccc(-c2cnc(CC3(N)CCOC3)[nH]2)cc1. The minimum Gasteiger partial charge on any atom is -0.497 e. The second kappa shape index (κ2) is 5.26. The Kier molecular flexibility index (Phi) is 3.46. The molecule has 106 valence electrons. The number of hydrogen-bond acceptors (Lipinski definition) is 4. The van der Waals surface area contributed by atoms with E-state index in [2.05, 4.69) is 9.97 Å². The zero-order valence-corrected chi connectivity index (χ0v) is 11.6. The van der Waals surface area contributed by atoms with Crippen LogP contribution in [-0.2, 0) is 11.2 Å². The van der Waals surface area contributed by atoms with E-state index in [-0.39, 0.29) is 5.54 Å². The molecule has 3 rings (SSSR count). The molecular formula is C15H19N3O2. The highest BCUT2D eigenvalue weighted by Gasteiger charge is 2.31. The fraction of sp³-hybridized carbons (Fsp3) is 0.400. The smallest absolute Gasteiger partial charge is 0.118 e. The molecule has 5 nitrogen and oxygen atoms in total. The van der Waals surface area contributed by atoms with Crippen LogP contribution in [0.2, 0.25) is 0 Å². The molecule has 0 bridgehead atoms. The Morgan fingerprint density at radius 2 is 2.20 bits per heavy atom. The predicted molar refractivity (Wildman–Crippen MR) is 76.6 cm³/mol. The van der Waals surface area contributed by atoms with Gasteiger partial charge < -0.3 is 20.2 Å². The molecule has 0 radical (unpaired) electrons. The topological polar surface area (TPSA) is 73.2 Å². The Labute approximate surface area is 118 Å². The molecule has 0 spiro atoms. The molecule has 3 N–H and O–H groups in total. The van der Waals surface area contributed by atoms with E-state index in [1.807, 2.05) is 30.5 Å². The third-order valence-electron chi connectivity index (χ3n) is 3.68. The number of rotatable bonds is 4. The first-order valence-corrected chi connectivity index (χ1v) is 6.73. The Balaban J connectivity index is 1.75. The molecule has 20 heavy (non-hydrogen) atoms.